The van der Waals surface area contributed by atoms with E-state index in [0.29, 0.717) is 10.9 Å². The molecular formula is C19H12ClFN2O2. The molecule has 2 aromatic heterocycles. The Morgan fingerprint density at radius 1 is 1.20 bits per heavy atom. The van der Waals surface area contributed by atoms with E-state index in [2.05, 4.69) is 9.97 Å². The summed E-state index contributed by atoms with van der Waals surface area (Å²) in [6.07, 6.45) is 1.70. The molecule has 4 rings (SSSR count). The molecule has 0 aliphatic carbocycles. The van der Waals surface area contributed by atoms with Crippen LogP contribution in [0.25, 0.3) is 21.8 Å². The topological polar surface area (TPSA) is 55.0 Å². The number of rotatable bonds is 2. The SMILES string of the molecule is Cc1cnc(Cl)c2c1[nH]c1ccc(OC(=O)c3ccc(F)cc3)cc12. The number of aromatic nitrogens is 2. The lowest BCUT2D eigenvalue weighted by molar-refractivity contribution is 0.0735. The van der Waals surface area contributed by atoms with Crippen molar-refractivity contribution in [1.82, 2.24) is 9.97 Å². The van der Waals surface area contributed by atoms with Crippen molar-refractivity contribution in [3.05, 3.63) is 70.8 Å². The lowest BCUT2D eigenvalue weighted by atomic mass is 10.1. The number of aromatic amines is 1. The van der Waals surface area contributed by atoms with Crippen LogP contribution in [0, 0.1) is 12.7 Å². The van der Waals surface area contributed by atoms with Crippen LogP contribution in [-0.4, -0.2) is 15.9 Å². The minimum absolute atomic E-state index is 0.274. The molecule has 1 N–H and O–H groups in total. The average Bonchev–Trinajstić information content (AvgIpc) is 2.99. The van der Waals surface area contributed by atoms with Gasteiger partial charge >= 0.3 is 5.97 Å². The van der Waals surface area contributed by atoms with E-state index in [0.717, 1.165) is 27.4 Å². The minimum atomic E-state index is -0.556. The van der Waals surface area contributed by atoms with Gasteiger partial charge in [0.25, 0.3) is 0 Å². The van der Waals surface area contributed by atoms with Gasteiger partial charge in [0.15, 0.2) is 0 Å². The number of carbonyl (C=O) groups excluding carboxylic acids is 1. The highest BCUT2D eigenvalue weighted by Crippen LogP contribution is 2.34. The van der Waals surface area contributed by atoms with Crippen LogP contribution in [0.3, 0.4) is 0 Å². The standard InChI is InChI=1S/C19H12ClFN2O2/c1-10-9-22-18(20)16-14-8-13(6-7-15(14)23-17(10)16)25-19(24)11-2-4-12(21)5-3-11/h2-9,23H,1H3. The van der Waals surface area contributed by atoms with E-state index < -0.39 is 11.8 Å². The van der Waals surface area contributed by atoms with Crippen molar-refractivity contribution in [3.63, 3.8) is 0 Å². The van der Waals surface area contributed by atoms with Crippen LogP contribution in [0.1, 0.15) is 15.9 Å². The summed E-state index contributed by atoms with van der Waals surface area (Å²) in [7, 11) is 0. The Bertz CT molecular complexity index is 1120. The summed E-state index contributed by atoms with van der Waals surface area (Å²) in [6.45, 7) is 1.94. The number of benzene rings is 2. The first-order valence-corrected chi connectivity index (χ1v) is 7.95. The summed E-state index contributed by atoms with van der Waals surface area (Å²) in [5.74, 6) is -0.589. The van der Waals surface area contributed by atoms with Crippen molar-refractivity contribution in [2.24, 2.45) is 0 Å². The fourth-order valence-electron chi connectivity index (χ4n) is 2.78. The summed E-state index contributed by atoms with van der Waals surface area (Å²) in [5.41, 5.74) is 3.02. The smallest absolute Gasteiger partial charge is 0.343 e. The van der Waals surface area contributed by atoms with Gasteiger partial charge in [-0.05, 0) is 55.0 Å². The third-order valence-corrected chi connectivity index (χ3v) is 4.32. The molecule has 0 aliphatic rings. The molecule has 0 atom stereocenters. The number of H-pyrrole nitrogens is 1. The van der Waals surface area contributed by atoms with Crippen LogP contribution in [0.5, 0.6) is 5.75 Å². The van der Waals surface area contributed by atoms with E-state index in [1.165, 1.54) is 24.3 Å². The van der Waals surface area contributed by atoms with Gasteiger partial charge in [-0.3, -0.25) is 0 Å². The second-order valence-corrected chi connectivity index (χ2v) is 6.07. The Morgan fingerprint density at radius 2 is 1.96 bits per heavy atom. The zero-order valence-electron chi connectivity index (χ0n) is 13.1. The molecule has 0 saturated carbocycles. The second-order valence-electron chi connectivity index (χ2n) is 5.71. The van der Waals surface area contributed by atoms with Crippen LogP contribution >= 0.6 is 11.6 Å². The van der Waals surface area contributed by atoms with Gasteiger partial charge in [0.05, 0.1) is 11.1 Å². The third kappa shape index (κ3) is 2.72. The molecule has 124 valence electrons. The lowest BCUT2D eigenvalue weighted by Crippen LogP contribution is -2.08. The fraction of sp³-hybridized carbons (Fsp3) is 0.0526. The average molecular weight is 355 g/mol. The molecule has 0 amide bonds. The van der Waals surface area contributed by atoms with Gasteiger partial charge in [-0.1, -0.05) is 11.6 Å². The van der Waals surface area contributed by atoms with Crippen molar-refractivity contribution < 1.29 is 13.9 Å². The maximum Gasteiger partial charge on any atom is 0.343 e. The van der Waals surface area contributed by atoms with Gasteiger partial charge in [-0.25, -0.2) is 14.2 Å². The Hall–Kier alpha value is -2.92. The van der Waals surface area contributed by atoms with Crippen molar-refractivity contribution in [2.75, 3.05) is 0 Å². The number of fused-ring (bicyclic) bond motifs is 3. The van der Waals surface area contributed by atoms with Crippen LogP contribution in [0.15, 0.2) is 48.7 Å². The summed E-state index contributed by atoms with van der Waals surface area (Å²) >= 11 is 6.24. The monoisotopic (exact) mass is 354 g/mol. The molecule has 0 bridgehead atoms. The third-order valence-electron chi connectivity index (χ3n) is 4.03. The summed E-state index contributed by atoms with van der Waals surface area (Å²) in [5, 5.41) is 1.99. The number of ether oxygens (including phenoxy) is 1. The first kappa shape index (κ1) is 15.6. The maximum atomic E-state index is 13.0. The van der Waals surface area contributed by atoms with Crippen molar-refractivity contribution >= 4 is 39.4 Å². The predicted molar refractivity (Wildman–Crippen MR) is 94.7 cm³/mol. The fourth-order valence-corrected chi connectivity index (χ4v) is 3.02. The van der Waals surface area contributed by atoms with Crippen molar-refractivity contribution in [1.29, 1.82) is 0 Å². The highest BCUT2D eigenvalue weighted by molar-refractivity contribution is 6.36. The largest absolute Gasteiger partial charge is 0.423 e. The molecule has 2 aromatic carbocycles. The summed E-state index contributed by atoms with van der Waals surface area (Å²) < 4.78 is 18.4. The predicted octanol–water partition coefficient (Wildman–Crippen LogP) is 5.04. The number of halogens is 2. The Balaban J connectivity index is 1.76. The first-order valence-electron chi connectivity index (χ1n) is 7.57. The number of pyridine rings is 1. The number of aryl methyl sites for hydroxylation is 1. The number of nitrogens with zero attached hydrogens (tertiary/aromatic N) is 1. The van der Waals surface area contributed by atoms with Gasteiger partial charge in [0.1, 0.15) is 16.7 Å². The number of carbonyl (C=O) groups is 1. The van der Waals surface area contributed by atoms with E-state index in [9.17, 15) is 9.18 Å². The number of hydrogen-bond acceptors (Lipinski definition) is 3. The van der Waals surface area contributed by atoms with Gasteiger partial charge in [0, 0.05) is 22.5 Å². The van der Waals surface area contributed by atoms with E-state index in [-0.39, 0.29) is 5.56 Å². The molecule has 0 spiro atoms. The molecule has 4 nitrogen and oxygen atoms in total. The van der Waals surface area contributed by atoms with Gasteiger partial charge in [-0.2, -0.15) is 0 Å². The molecular weight excluding hydrogens is 343 g/mol. The minimum Gasteiger partial charge on any atom is -0.423 e. The quantitative estimate of drug-likeness (QED) is 0.312. The number of nitrogens with one attached hydrogen (secondary N) is 1. The molecule has 0 fully saturated rings. The van der Waals surface area contributed by atoms with Crippen LogP contribution in [0.2, 0.25) is 5.15 Å². The highest BCUT2D eigenvalue weighted by atomic mass is 35.5. The molecule has 2 heterocycles. The van der Waals surface area contributed by atoms with Crippen LogP contribution in [-0.2, 0) is 0 Å². The van der Waals surface area contributed by atoms with Crippen molar-refractivity contribution in [3.8, 4) is 5.75 Å². The van der Waals surface area contributed by atoms with E-state index in [4.69, 9.17) is 16.3 Å². The summed E-state index contributed by atoms with van der Waals surface area (Å²) in [4.78, 5) is 19.7. The normalized spacial score (nSPS) is 11.2. The molecule has 4 aromatic rings. The molecule has 6 heteroatoms. The Morgan fingerprint density at radius 3 is 2.72 bits per heavy atom. The first-order chi connectivity index (χ1) is 12.0. The van der Waals surface area contributed by atoms with E-state index >= 15 is 0 Å². The molecule has 0 unspecified atom stereocenters. The number of hydrogen-bond donors (Lipinski definition) is 1. The highest BCUT2D eigenvalue weighted by Gasteiger charge is 2.14. The van der Waals surface area contributed by atoms with Gasteiger partial charge in [0.2, 0.25) is 0 Å². The van der Waals surface area contributed by atoms with Crippen molar-refractivity contribution in [2.45, 2.75) is 6.92 Å². The summed E-state index contributed by atoms with van der Waals surface area (Å²) in [6, 6.07) is 10.4. The Kier molecular flexibility index (Phi) is 3.66. The second kappa shape index (κ2) is 5.86. The van der Waals surface area contributed by atoms with Crippen LogP contribution in [0.4, 0.5) is 4.39 Å². The Labute approximate surface area is 147 Å². The molecule has 0 radical (unpaired) electrons. The lowest BCUT2D eigenvalue weighted by Gasteiger charge is -2.05. The zero-order valence-corrected chi connectivity index (χ0v) is 13.9. The maximum absolute atomic E-state index is 13.0. The number of esters is 1. The van der Waals surface area contributed by atoms with E-state index in [1.807, 2.05) is 13.0 Å². The molecule has 0 saturated heterocycles. The van der Waals surface area contributed by atoms with Crippen LogP contribution < -0.4 is 4.74 Å². The van der Waals surface area contributed by atoms with Gasteiger partial charge < -0.3 is 9.72 Å². The zero-order chi connectivity index (χ0) is 17.6. The molecule has 25 heavy (non-hydrogen) atoms. The molecule has 0 aliphatic heterocycles. The van der Waals surface area contributed by atoms with E-state index in [1.54, 1.807) is 18.3 Å². The van der Waals surface area contributed by atoms with Gasteiger partial charge in [-0.15, -0.1) is 0 Å².